The minimum atomic E-state index is -0.852. The Bertz CT molecular complexity index is 1370. The summed E-state index contributed by atoms with van der Waals surface area (Å²) in [4.78, 5) is 17.3. The first kappa shape index (κ1) is 28.3. The van der Waals surface area contributed by atoms with Crippen molar-refractivity contribution in [2.45, 2.75) is 77.2 Å². The molecule has 1 unspecified atom stereocenters. The van der Waals surface area contributed by atoms with Crippen molar-refractivity contribution in [3.05, 3.63) is 53.1 Å². The van der Waals surface area contributed by atoms with Crippen LogP contribution in [0.4, 0.5) is 5.69 Å². The average molecular weight is 558 g/mol. The molecule has 0 spiro atoms. The number of nitrogens with zero attached hydrogens (tertiary/aromatic N) is 3. The molecule has 1 saturated heterocycles. The molecular formula is C35H47N3O3. The lowest BCUT2D eigenvalue weighted by Crippen LogP contribution is -2.42. The van der Waals surface area contributed by atoms with Gasteiger partial charge < -0.3 is 24.2 Å². The number of fused-ring (bicyclic) bond motifs is 5. The van der Waals surface area contributed by atoms with Gasteiger partial charge in [-0.05, 0) is 79.8 Å². The number of ether oxygens (including phenoxy) is 1. The maximum absolute atomic E-state index is 12.0. The molecule has 2 fully saturated rings. The lowest BCUT2D eigenvalue weighted by atomic mass is 9.81. The number of aryl methyl sites for hydroxylation is 1. The third kappa shape index (κ3) is 5.78. The molecule has 1 atom stereocenters. The maximum Gasteiger partial charge on any atom is 0.335 e. The number of piperidine rings is 1. The van der Waals surface area contributed by atoms with Gasteiger partial charge in [-0.15, -0.1) is 0 Å². The fourth-order valence-electron chi connectivity index (χ4n) is 7.88. The van der Waals surface area contributed by atoms with Crippen molar-refractivity contribution in [1.29, 1.82) is 0 Å². The van der Waals surface area contributed by atoms with Gasteiger partial charge in [-0.1, -0.05) is 50.8 Å². The van der Waals surface area contributed by atoms with Gasteiger partial charge >= 0.3 is 5.97 Å². The minimum absolute atomic E-state index is 0.378. The molecule has 6 heteroatoms. The standard InChI is InChI=1S/C35H47N3O3/c1-3-8-25-12-14-30-31(21-25)37(18-17-36-16-7-9-26(23-36)24-41-2)19-20-38-32-22-28(35(39)40)13-15-29(32)33(34(30)38)27-10-5-4-6-11-27/h12-15,21-22,26-27H,3-11,16-20,23-24H2,1-2H3,(H,39,40). The summed E-state index contributed by atoms with van der Waals surface area (Å²) in [7, 11) is 1.82. The van der Waals surface area contributed by atoms with Gasteiger partial charge in [-0.3, -0.25) is 0 Å². The summed E-state index contributed by atoms with van der Waals surface area (Å²) >= 11 is 0. The summed E-state index contributed by atoms with van der Waals surface area (Å²) in [6, 6.07) is 13.0. The van der Waals surface area contributed by atoms with Crippen LogP contribution in [0.15, 0.2) is 36.4 Å². The second kappa shape index (κ2) is 12.6. The number of aromatic nitrogens is 1. The molecule has 3 aromatic rings. The van der Waals surface area contributed by atoms with Gasteiger partial charge in [0.1, 0.15) is 0 Å². The number of benzene rings is 2. The smallest absolute Gasteiger partial charge is 0.335 e. The van der Waals surface area contributed by atoms with E-state index < -0.39 is 5.97 Å². The Balaban J connectivity index is 1.42. The lowest BCUT2D eigenvalue weighted by Gasteiger charge is -2.34. The highest BCUT2D eigenvalue weighted by Gasteiger charge is 2.31. The van der Waals surface area contributed by atoms with Gasteiger partial charge in [0.2, 0.25) is 0 Å². The summed E-state index contributed by atoms with van der Waals surface area (Å²) in [5.41, 5.74) is 8.36. The van der Waals surface area contributed by atoms with E-state index in [9.17, 15) is 9.90 Å². The Morgan fingerprint density at radius 1 is 0.976 bits per heavy atom. The fourth-order valence-corrected chi connectivity index (χ4v) is 7.88. The zero-order valence-electron chi connectivity index (χ0n) is 25.0. The molecule has 220 valence electrons. The van der Waals surface area contributed by atoms with Crippen LogP contribution in [0.25, 0.3) is 22.2 Å². The highest BCUT2D eigenvalue weighted by molar-refractivity contribution is 5.99. The summed E-state index contributed by atoms with van der Waals surface area (Å²) in [6.45, 7) is 9.27. The number of hydrogen-bond acceptors (Lipinski definition) is 4. The first-order chi connectivity index (χ1) is 20.1. The molecule has 2 aliphatic heterocycles. The lowest BCUT2D eigenvalue weighted by molar-refractivity contribution is 0.0697. The molecule has 3 heterocycles. The first-order valence-corrected chi connectivity index (χ1v) is 16.1. The van der Waals surface area contributed by atoms with Crippen LogP contribution in [0.2, 0.25) is 0 Å². The summed E-state index contributed by atoms with van der Waals surface area (Å²) < 4.78 is 7.96. The van der Waals surface area contributed by atoms with Crippen LogP contribution < -0.4 is 4.90 Å². The molecule has 0 radical (unpaired) electrons. The van der Waals surface area contributed by atoms with Crippen molar-refractivity contribution < 1.29 is 14.6 Å². The van der Waals surface area contributed by atoms with Crippen LogP contribution in [-0.4, -0.2) is 67.0 Å². The highest BCUT2D eigenvalue weighted by Crippen LogP contribution is 2.47. The molecule has 0 bridgehead atoms. The number of rotatable bonds is 9. The van der Waals surface area contributed by atoms with Crippen LogP contribution in [0.3, 0.4) is 0 Å². The van der Waals surface area contributed by atoms with Crippen LogP contribution in [0.5, 0.6) is 0 Å². The average Bonchev–Trinajstić information content (AvgIpc) is 3.22. The summed E-state index contributed by atoms with van der Waals surface area (Å²) in [5, 5.41) is 11.1. The third-order valence-electron chi connectivity index (χ3n) is 9.85. The second-order valence-electron chi connectivity index (χ2n) is 12.6. The van der Waals surface area contributed by atoms with E-state index in [-0.39, 0.29) is 0 Å². The Labute approximate surface area is 245 Å². The minimum Gasteiger partial charge on any atom is -0.478 e. The van der Waals surface area contributed by atoms with Crippen molar-refractivity contribution in [2.24, 2.45) is 5.92 Å². The number of carboxylic acid groups (broad SMARTS) is 1. The van der Waals surface area contributed by atoms with Crippen LogP contribution >= 0.6 is 0 Å². The zero-order valence-corrected chi connectivity index (χ0v) is 25.0. The van der Waals surface area contributed by atoms with Gasteiger partial charge in [-0.25, -0.2) is 4.79 Å². The summed E-state index contributed by atoms with van der Waals surface area (Å²) in [5.74, 6) is 0.309. The Morgan fingerprint density at radius 3 is 2.61 bits per heavy atom. The SMILES string of the molecule is CCCc1ccc2c(c1)N(CCN1CCCC(COC)C1)CCn1c-2c(C2CCCCC2)c2ccc(C(=O)O)cc21. The predicted octanol–water partition coefficient (Wildman–Crippen LogP) is 7.19. The van der Waals surface area contributed by atoms with Crippen molar-refractivity contribution in [3.63, 3.8) is 0 Å². The molecule has 41 heavy (non-hydrogen) atoms. The highest BCUT2D eigenvalue weighted by atomic mass is 16.5. The topological polar surface area (TPSA) is 57.9 Å². The van der Waals surface area contributed by atoms with Gasteiger partial charge in [0.15, 0.2) is 0 Å². The molecule has 2 aromatic carbocycles. The molecule has 1 saturated carbocycles. The zero-order chi connectivity index (χ0) is 28.3. The monoisotopic (exact) mass is 557 g/mol. The molecular weight excluding hydrogens is 510 g/mol. The van der Waals surface area contributed by atoms with Crippen molar-refractivity contribution >= 4 is 22.6 Å². The molecule has 1 aliphatic carbocycles. The largest absolute Gasteiger partial charge is 0.478 e. The van der Waals surface area contributed by atoms with Gasteiger partial charge in [0.25, 0.3) is 0 Å². The van der Waals surface area contributed by atoms with Crippen molar-refractivity contribution in [3.8, 4) is 11.3 Å². The molecule has 1 N–H and O–H groups in total. The van der Waals surface area contributed by atoms with Crippen molar-refractivity contribution in [1.82, 2.24) is 9.47 Å². The molecule has 0 amide bonds. The van der Waals surface area contributed by atoms with Crippen LogP contribution in [0, 0.1) is 5.92 Å². The predicted molar refractivity (Wildman–Crippen MR) is 167 cm³/mol. The third-order valence-corrected chi connectivity index (χ3v) is 9.85. The maximum atomic E-state index is 12.0. The second-order valence-corrected chi connectivity index (χ2v) is 12.6. The van der Waals surface area contributed by atoms with E-state index in [1.54, 1.807) is 0 Å². The Morgan fingerprint density at radius 2 is 1.83 bits per heavy atom. The summed E-state index contributed by atoms with van der Waals surface area (Å²) in [6.07, 6.45) is 11.1. The number of methoxy groups -OCH3 is 1. The van der Waals surface area contributed by atoms with E-state index in [1.165, 1.54) is 84.9 Å². The number of aromatic carboxylic acids is 1. The van der Waals surface area contributed by atoms with E-state index >= 15 is 0 Å². The van der Waals surface area contributed by atoms with Gasteiger partial charge in [0, 0.05) is 62.0 Å². The number of carboxylic acids is 1. The van der Waals surface area contributed by atoms with Crippen molar-refractivity contribution in [2.75, 3.05) is 51.3 Å². The fraction of sp³-hybridized carbons (Fsp3) is 0.571. The van der Waals surface area contributed by atoms with Crippen LogP contribution in [-0.2, 0) is 17.7 Å². The van der Waals surface area contributed by atoms with E-state index in [1.807, 2.05) is 19.2 Å². The number of hydrogen-bond donors (Lipinski definition) is 1. The number of anilines is 1. The molecule has 1 aromatic heterocycles. The van der Waals surface area contributed by atoms with E-state index in [0.717, 1.165) is 57.7 Å². The normalized spacial score (nSPS) is 20.1. The van der Waals surface area contributed by atoms with Gasteiger partial charge in [0.05, 0.1) is 17.9 Å². The number of likely N-dealkylation sites (tertiary alicyclic amines) is 1. The molecule has 6 nitrogen and oxygen atoms in total. The van der Waals surface area contributed by atoms with E-state index in [4.69, 9.17) is 4.74 Å². The Hall–Kier alpha value is -2.83. The molecule has 3 aliphatic rings. The Kier molecular flexibility index (Phi) is 8.68. The van der Waals surface area contributed by atoms with E-state index in [2.05, 4.69) is 45.6 Å². The molecule has 6 rings (SSSR count). The first-order valence-electron chi connectivity index (χ1n) is 16.1. The number of carbonyl (C=O) groups is 1. The quantitative estimate of drug-likeness (QED) is 0.302. The van der Waals surface area contributed by atoms with E-state index in [0.29, 0.717) is 17.4 Å². The van der Waals surface area contributed by atoms with Gasteiger partial charge in [-0.2, -0.15) is 0 Å². The van der Waals surface area contributed by atoms with Crippen LogP contribution in [0.1, 0.15) is 85.7 Å².